The van der Waals surface area contributed by atoms with Gasteiger partial charge in [0.25, 0.3) is 0 Å². The molecule has 0 unspecified atom stereocenters. The van der Waals surface area contributed by atoms with Crippen LogP contribution in [-0.4, -0.2) is 0 Å². The van der Waals surface area contributed by atoms with Crippen molar-refractivity contribution >= 4 is 23.7 Å². The van der Waals surface area contributed by atoms with E-state index in [0.717, 1.165) is 6.07 Å². The van der Waals surface area contributed by atoms with E-state index >= 15 is 0 Å². The van der Waals surface area contributed by atoms with Gasteiger partial charge in [-0.05, 0) is 28.5 Å². The van der Waals surface area contributed by atoms with Crippen molar-refractivity contribution in [3.63, 3.8) is 0 Å². The van der Waals surface area contributed by atoms with E-state index in [2.05, 4.69) is 0 Å². The molecule has 0 saturated heterocycles. The summed E-state index contributed by atoms with van der Waals surface area (Å²) in [7, 11) is 0. The van der Waals surface area contributed by atoms with Crippen LogP contribution in [0.2, 0.25) is 0 Å². The van der Waals surface area contributed by atoms with Crippen molar-refractivity contribution in [2.24, 2.45) is 5.73 Å². The molecule has 2 N–H and O–H groups in total. The average molecular weight is 312 g/mol. The number of thiophene rings is 1. The van der Waals surface area contributed by atoms with E-state index in [0.29, 0.717) is 11.6 Å². The summed E-state index contributed by atoms with van der Waals surface area (Å²) in [6.07, 6.45) is -4.71. The van der Waals surface area contributed by atoms with Crippen LogP contribution in [0.1, 0.15) is 22.7 Å². The molecule has 2 rings (SSSR count). The van der Waals surface area contributed by atoms with Crippen LogP contribution < -0.4 is 5.73 Å². The van der Waals surface area contributed by atoms with E-state index in [9.17, 15) is 17.6 Å². The van der Waals surface area contributed by atoms with Crippen LogP contribution in [0.25, 0.3) is 0 Å². The fourth-order valence-electron chi connectivity index (χ4n) is 1.64. The molecule has 2 aromatic rings. The predicted molar refractivity (Wildman–Crippen MR) is 69.0 cm³/mol. The van der Waals surface area contributed by atoms with Gasteiger partial charge in [-0.3, -0.25) is 0 Å². The maximum absolute atomic E-state index is 13.8. The number of rotatable bonds is 2. The number of hydrogen-bond donors (Lipinski definition) is 1. The second-order valence-corrected chi connectivity index (χ2v) is 4.52. The molecule has 0 aliphatic rings. The molecule has 0 fully saturated rings. The molecule has 0 saturated carbocycles. The minimum absolute atomic E-state index is 0. The number of halogens is 5. The summed E-state index contributed by atoms with van der Waals surface area (Å²) in [5.41, 5.74) is 4.93. The smallest absolute Gasteiger partial charge is 0.320 e. The Morgan fingerprint density at radius 1 is 1.16 bits per heavy atom. The maximum Gasteiger partial charge on any atom is 0.419 e. The standard InChI is InChI=1S/C12H9F4NS.ClH/c13-10-8(11(17)7-4-5-18-6-7)2-1-3-9(10)12(14,15)16;/h1-6,11H,17H2;1H/t11-;/m0./s1. The third-order valence-electron chi connectivity index (χ3n) is 2.57. The molecular weight excluding hydrogens is 302 g/mol. The highest BCUT2D eigenvalue weighted by Gasteiger charge is 2.35. The predicted octanol–water partition coefficient (Wildman–Crippen LogP) is 4.38. The normalized spacial score (nSPS) is 12.9. The Hall–Kier alpha value is -1.11. The number of nitrogens with two attached hydrogens (primary N) is 1. The van der Waals surface area contributed by atoms with Crippen LogP contribution in [-0.2, 0) is 6.18 Å². The molecule has 0 bridgehead atoms. The van der Waals surface area contributed by atoms with E-state index in [4.69, 9.17) is 5.73 Å². The van der Waals surface area contributed by atoms with Crippen LogP contribution in [0, 0.1) is 5.82 Å². The number of alkyl halides is 3. The first-order chi connectivity index (χ1) is 8.41. The molecular formula is C12H10ClF4NS. The first kappa shape index (κ1) is 15.9. The van der Waals surface area contributed by atoms with Crippen molar-refractivity contribution in [1.82, 2.24) is 0 Å². The average Bonchev–Trinajstić information content (AvgIpc) is 2.80. The highest BCUT2D eigenvalue weighted by atomic mass is 35.5. The molecule has 104 valence electrons. The van der Waals surface area contributed by atoms with Gasteiger partial charge in [0.2, 0.25) is 0 Å². The highest BCUT2D eigenvalue weighted by Crippen LogP contribution is 2.34. The van der Waals surface area contributed by atoms with Crippen molar-refractivity contribution in [3.05, 3.63) is 57.5 Å². The highest BCUT2D eigenvalue weighted by molar-refractivity contribution is 7.08. The molecule has 0 spiro atoms. The lowest BCUT2D eigenvalue weighted by molar-refractivity contribution is -0.140. The lowest BCUT2D eigenvalue weighted by atomic mass is 9.99. The Morgan fingerprint density at radius 2 is 1.84 bits per heavy atom. The molecule has 7 heteroatoms. The molecule has 0 aliphatic carbocycles. The van der Waals surface area contributed by atoms with Gasteiger partial charge in [0.05, 0.1) is 11.6 Å². The van der Waals surface area contributed by atoms with Gasteiger partial charge in [0, 0.05) is 5.56 Å². The van der Waals surface area contributed by atoms with Crippen LogP contribution in [0.4, 0.5) is 17.6 Å². The minimum atomic E-state index is -4.71. The Balaban J connectivity index is 0.00000180. The molecule has 1 aromatic carbocycles. The lowest BCUT2D eigenvalue weighted by Crippen LogP contribution is -2.16. The second-order valence-electron chi connectivity index (χ2n) is 3.74. The number of hydrogen-bond acceptors (Lipinski definition) is 2. The molecule has 1 aromatic heterocycles. The maximum atomic E-state index is 13.8. The summed E-state index contributed by atoms with van der Waals surface area (Å²) < 4.78 is 51.5. The third-order valence-corrected chi connectivity index (χ3v) is 3.27. The Labute approximate surface area is 117 Å². The van der Waals surface area contributed by atoms with Crippen molar-refractivity contribution in [2.45, 2.75) is 12.2 Å². The van der Waals surface area contributed by atoms with E-state index in [1.807, 2.05) is 0 Å². The van der Waals surface area contributed by atoms with Crippen LogP contribution in [0.15, 0.2) is 35.0 Å². The van der Waals surface area contributed by atoms with Gasteiger partial charge in [-0.2, -0.15) is 24.5 Å². The molecule has 0 radical (unpaired) electrons. The van der Waals surface area contributed by atoms with Crippen molar-refractivity contribution < 1.29 is 17.6 Å². The molecule has 1 atom stereocenters. The summed E-state index contributed by atoms with van der Waals surface area (Å²) in [6, 6.07) is 3.91. The van der Waals surface area contributed by atoms with Crippen molar-refractivity contribution in [3.8, 4) is 0 Å². The van der Waals surface area contributed by atoms with Gasteiger partial charge < -0.3 is 5.73 Å². The van der Waals surface area contributed by atoms with E-state index < -0.39 is 23.6 Å². The second kappa shape index (κ2) is 5.90. The Kier molecular flexibility index (Phi) is 4.95. The molecule has 1 nitrogen and oxygen atoms in total. The largest absolute Gasteiger partial charge is 0.419 e. The topological polar surface area (TPSA) is 26.0 Å². The van der Waals surface area contributed by atoms with Gasteiger partial charge in [-0.1, -0.05) is 12.1 Å². The summed E-state index contributed by atoms with van der Waals surface area (Å²) >= 11 is 1.35. The monoisotopic (exact) mass is 311 g/mol. The van der Waals surface area contributed by atoms with Crippen LogP contribution in [0.5, 0.6) is 0 Å². The summed E-state index contributed by atoms with van der Waals surface area (Å²) in [5, 5.41) is 3.42. The van der Waals surface area contributed by atoms with Gasteiger partial charge in [-0.15, -0.1) is 12.4 Å². The van der Waals surface area contributed by atoms with Crippen molar-refractivity contribution in [1.29, 1.82) is 0 Å². The quantitative estimate of drug-likeness (QED) is 0.819. The fraction of sp³-hybridized carbons (Fsp3) is 0.167. The fourth-order valence-corrected chi connectivity index (χ4v) is 2.34. The van der Waals surface area contributed by atoms with Crippen molar-refractivity contribution in [2.75, 3.05) is 0 Å². The minimum Gasteiger partial charge on any atom is -0.320 e. The van der Waals surface area contributed by atoms with Crippen LogP contribution in [0.3, 0.4) is 0 Å². The summed E-state index contributed by atoms with van der Waals surface area (Å²) in [6.45, 7) is 0. The van der Waals surface area contributed by atoms with Gasteiger partial charge in [0.1, 0.15) is 5.82 Å². The van der Waals surface area contributed by atoms with Gasteiger partial charge in [0.15, 0.2) is 0 Å². The van der Waals surface area contributed by atoms with Crippen LogP contribution >= 0.6 is 23.7 Å². The SMILES string of the molecule is Cl.N[C@@H](c1ccsc1)c1cccc(C(F)(F)F)c1F. The Morgan fingerprint density at radius 3 is 2.37 bits per heavy atom. The zero-order valence-electron chi connectivity index (χ0n) is 9.45. The van der Waals surface area contributed by atoms with E-state index in [-0.39, 0.29) is 18.0 Å². The van der Waals surface area contributed by atoms with Gasteiger partial charge >= 0.3 is 6.18 Å². The molecule has 0 amide bonds. The molecule has 0 aliphatic heterocycles. The molecule has 19 heavy (non-hydrogen) atoms. The summed E-state index contributed by atoms with van der Waals surface area (Å²) in [4.78, 5) is 0. The first-order valence-electron chi connectivity index (χ1n) is 5.04. The zero-order chi connectivity index (χ0) is 13.3. The van der Waals surface area contributed by atoms with E-state index in [1.165, 1.54) is 17.4 Å². The van der Waals surface area contributed by atoms with Gasteiger partial charge in [-0.25, -0.2) is 4.39 Å². The number of benzene rings is 1. The molecule has 1 heterocycles. The summed E-state index contributed by atoms with van der Waals surface area (Å²) in [5.74, 6) is -1.30. The Bertz CT molecular complexity index is 539. The third kappa shape index (κ3) is 3.26. The zero-order valence-corrected chi connectivity index (χ0v) is 11.1. The first-order valence-corrected chi connectivity index (χ1v) is 5.99. The van der Waals surface area contributed by atoms with E-state index in [1.54, 1.807) is 16.8 Å². The lowest BCUT2D eigenvalue weighted by Gasteiger charge is -2.15.